The van der Waals surface area contributed by atoms with E-state index in [2.05, 4.69) is 11.6 Å². The summed E-state index contributed by atoms with van der Waals surface area (Å²) in [5.41, 5.74) is 6.23. The van der Waals surface area contributed by atoms with E-state index in [-0.39, 0.29) is 5.91 Å². The summed E-state index contributed by atoms with van der Waals surface area (Å²) < 4.78 is 0. The van der Waals surface area contributed by atoms with Gasteiger partial charge in [-0.25, -0.2) is 4.98 Å². The Hall–Kier alpha value is -1.36. The summed E-state index contributed by atoms with van der Waals surface area (Å²) in [6.07, 6.45) is 2.03. The zero-order chi connectivity index (χ0) is 11.3. The van der Waals surface area contributed by atoms with Gasteiger partial charge in [0.1, 0.15) is 0 Å². The molecule has 1 aromatic heterocycles. The average molecular weight is 225 g/mol. The fourth-order valence-electron chi connectivity index (χ4n) is 1.23. The number of amides is 1. The van der Waals surface area contributed by atoms with Gasteiger partial charge in [0.15, 0.2) is 5.13 Å². The lowest BCUT2D eigenvalue weighted by molar-refractivity contribution is -0.129. The van der Waals surface area contributed by atoms with Gasteiger partial charge in [-0.2, -0.15) is 0 Å². The first kappa shape index (κ1) is 11.7. The lowest BCUT2D eigenvalue weighted by Crippen LogP contribution is -2.32. The van der Waals surface area contributed by atoms with Crippen molar-refractivity contribution in [3.8, 4) is 0 Å². The second kappa shape index (κ2) is 5.50. The molecule has 0 aliphatic heterocycles. The summed E-state index contributed by atoms with van der Waals surface area (Å²) in [7, 11) is 0. The van der Waals surface area contributed by atoms with E-state index >= 15 is 0 Å². The molecule has 2 N–H and O–H groups in total. The van der Waals surface area contributed by atoms with Crippen molar-refractivity contribution in [3.05, 3.63) is 23.7 Å². The Kier molecular flexibility index (Phi) is 4.30. The van der Waals surface area contributed by atoms with Crippen LogP contribution in [0.3, 0.4) is 0 Å². The normalized spacial score (nSPS) is 9.93. The molecule has 1 heterocycles. The van der Waals surface area contributed by atoms with Gasteiger partial charge in [-0.15, -0.1) is 17.9 Å². The first-order valence-electron chi connectivity index (χ1n) is 4.76. The summed E-state index contributed by atoms with van der Waals surface area (Å²) >= 11 is 1.35. The van der Waals surface area contributed by atoms with Gasteiger partial charge in [0.2, 0.25) is 5.91 Å². The first-order valence-corrected chi connectivity index (χ1v) is 5.63. The van der Waals surface area contributed by atoms with Gasteiger partial charge in [-0.1, -0.05) is 6.08 Å². The Morgan fingerprint density at radius 2 is 2.53 bits per heavy atom. The van der Waals surface area contributed by atoms with Crippen molar-refractivity contribution in [1.29, 1.82) is 0 Å². The van der Waals surface area contributed by atoms with Crippen LogP contribution in [-0.4, -0.2) is 28.9 Å². The van der Waals surface area contributed by atoms with Crippen LogP contribution in [-0.2, 0) is 11.2 Å². The van der Waals surface area contributed by atoms with Crippen LogP contribution in [0.25, 0.3) is 0 Å². The summed E-state index contributed by atoms with van der Waals surface area (Å²) in [5.74, 6) is 0.0581. The number of aromatic nitrogens is 1. The zero-order valence-electron chi connectivity index (χ0n) is 8.77. The van der Waals surface area contributed by atoms with Gasteiger partial charge in [0.25, 0.3) is 0 Å². The summed E-state index contributed by atoms with van der Waals surface area (Å²) in [5, 5.41) is 2.32. The predicted molar refractivity (Wildman–Crippen MR) is 62.7 cm³/mol. The van der Waals surface area contributed by atoms with Crippen LogP contribution in [0.5, 0.6) is 0 Å². The highest BCUT2D eigenvalue weighted by Gasteiger charge is 2.12. The summed E-state index contributed by atoms with van der Waals surface area (Å²) in [6, 6.07) is 0. The number of rotatable bonds is 5. The Bertz CT molecular complexity index is 348. The number of carbonyl (C=O) groups excluding carboxylic acids is 1. The van der Waals surface area contributed by atoms with Gasteiger partial charge < -0.3 is 10.6 Å². The van der Waals surface area contributed by atoms with Crippen LogP contribution < -0.4 is 5.73 Å². The molecule has 0 saturated heterocycles. The highest BCUT2D eigenvalue weighted by molar-refractivity contribution is 7.13. The minimum Gasteiger partial charge on any atom is -0.375 e. The molecular weight excluding hydrogens is 210 g/mol. The van der Waals surface area contributed by atoms with Crippen LogP contribution >= 0.6 is 11.3 Å². The number of hydrogen-bond donors (Lipinski definition) is 1. The fourth-order valence-corrected chi connectivity index (χ4v) is 1.80. The third-order valence-corrected chi connectivity index (χ3v) is 2.71. The van der Waals surface area contributed by atoms with E-state index in [1.54, 1.807) is 11.0 Å². The molecule has 1 aromatic rings. The maximum absolute atomic E-state index is 11.7. The molecule has 0 unspecified atom stereocenters. The van der Waals surface area contributed by atoms with E-state index in [0.717, 1.165) is 5.69 Å². The quantitative estimate of drug-likeness (QED) is 0.768. The number of hydrogen-bond acceptors (Lipinski definition) is 4. The van der Waals surface area contributed by atoms with Crippen LogP contribution in [0.15, 0.2) is 18.0 Å². The first-order chi connectivity index (χ1) is 7.17. The van der Waals surface area contributed by atoms with E-state index in [9.17, 15) is 4.79 Å². The largest absolute Gasteiger partial charge is 0.375 e. The third kappa shape index (κ3) is 3.36. The Morgan fingerprint density at radius 3 is 3.00 bits per heavy atom. The Labute approximate surface area is 93.4 Å². The number of nitrogens with zero attached hydrogens (tertiary/aromatic N) is 2. The molecular formula is C10H15N3OS. The van der Waals surface area contributed by atoms with Crippen molar-refractivity contribution in [2.75, 3.05) is 18.8 Å². The van der Waals surface area contributed by atoms with Gasteiger partial charge >= 0.3 is 0 Å². The molecule has 0 fully saturated rings. The molecule has 0 radical (unpaired) electrons. The van der Waals surface area contributed by atoms with E-state index in [0.29, 0.717) is 24.6 Å². The third-order valence-electron chi connectivity index (χ3n) is 1.99. The van der Waals surface area contributed by atoms with Crippen molar-refractivity contribution in [3.63, 3.8) is 0 Å². The number of thiazole rings is 1. The van der Waals surface area contributed by atoms with E-state index in [1.165, 1.54) is 11.3 Å². The summed E-state index contributed by atoms with van der Waals surface area (Å²) in [6.45, 7) is 6.82. The fraction of sp³-hybridized carbons (Fsp3) is 0.400. The highest BCUT2D eigenvalue weighted by atomic mass is 32.1. The maximum Gasteiger partial charge on any atom is 0.228 e. The molecule has 15 heavy (non-hydrogen) atoms. The van der Waals surface area contributed by atoms with Gasteiger partial charge in [0, 0.05) is 18.5 Å². The molecule has 82 valence electrons. The molecule has 0 aliphatic carbocycles. The Morgan fingerprint density at radius 1 is 1.80 bits per heavy atom. The molecule has 5 heteroatoms. The predicted octanol–water partition coefficient (Wildman–Crippen LogP) is 1.30. The molecule has 1 amide bonds. The average Bonchev–Trinajstić information content (AvgIpc) is 2.60. The number of anilines is 1. The number of nitrogen functional groups attached to an aromatic ring is 1. The van der Waals surface area contributed by atoms with Gasteiger partial charge in [-0.05, 0) is 6.92 Å². The molecule has 0 saturated carbocycles. The van der Waals surface area contributed by atoms with Crippen molar-refractivity contribution in [2.45, 2.75) is 13.3 Å². The van der Waals surface area contributed by atoms with E-state index in [4.69, 9.17) is 5.73 Å². The maximum atomic E-state index is 11.7. The Balaban J connectivity index is 2.57. The van der Waals surface area contributed by atoms with Crippen molar-refractivity contribution < 1.29 is 4.79 Å². The van der Waals surface area contributed by atoms with E-state index < -0.39 is 0 Å². The molecule has 0 aromatic carbocycles. The lowest BCUT2D eigenvalue weighted by Gasteiger charge is -2.18. The zero-order valence-corrected chi connectivity index (χ0v) is 9.59. The highest BCUT2D eigenvalue weighted by Crippen LogP contribution is 2.12. The van der Waals surface area contributed by atoms with Crippen LogP contribution in [0.1, 0.15) is 12.6 Å². The molecule has 0 bridgehead atoms. The molecule has 1 rings (SSSR count). The number of likely N-dealkylation sites (N-methyl/N-ethyl adjacent to an activating group) is 1. The molecule has 0 atom stereocenters. The summed E-state index contributed by atoms with van der Waals surface area (Å²) in [4.78, 5) is 17.5. The standard InChI is InChI=1S/C10H15N3OS/c1-3-5-13(4-2)9(14)6-8-7-15-10(11)12-8/h3,7H,1,4-6H2,2H3,(H2,11,12). The van der Waals surface area contributed by atoms with Gasteiger partial charge in [-0.3, -0.25) is 4.79 Å². The van der Waals surface area contributed by atoms with Crippen molar-refractivity contribution in [2.24, 2.45) is 0 Å². The minimum atomic E-state index is 0.0581. The second-order valence-corrected chi connectivity index (χ2v) is 3.96. The minimum absolute atomic E-state index is 0.0581. The lowest BCUT2D eigenvalue weighted by atomic mass is 10.3. The van der Waals surface area contributed by atoms with Crippen LogP contribution in [0.4, 0.5) is 5.13 Å². The molecule has 4 nitrogen and oxygen atoms in total. The van der Waals surface area contributed by atoms with Crippen molar-refractivity contribution >= 4 is 22.4 Å². The monoisotopic (exact) mass is 225 g/mol. The second-order valence-electron chi connectivity index (χ2n) is 3.07. The van der Waals surface area contributed by atoms with Crippen LogP contribution in [0, 0.1) is 0 Å². The van der Waals surface area contributed by atoms with Crippen molar-refractivity contribution in [1.82, 2.24) is 9.88 Å². The van der Waals surface area contributed by atoms with Gasteiger partial charge in [0.05, 0.1) is 12.1 Å². The van der Waals surface area contributed by atoms with E-state index in [1.807, 2.05) is 12.3 Å². The number of nitrogens with two attached hydrogens (primary N) is 1. The smallest absolute Gasteiger partial charge is 0.228 e. The molecule has 0 aliphatic rings. The van der Waals surface area contributed by atoms with Crippen LogP contribution in [0.2, 0.25) is 0 Å². The SMILES string of the molecule is C=CCN(CC)C(=O)Cc1csc(N)n1. The number of carbonyl (C=O) groups is 1. The molecule has 0 spiro atoms. The topological polar surface area (TPSA) is 59.2 Å².